The van der Waals surface area contributed by atoms with Crippen LogP contribution in [-0.2, 0) is 14.3 Å². The first-order valence-electron chi connectivity index (χ1n) is 9.00. The number of piperidine rings is 1. The van der Waals surface area contributed by atoms with Gasteiger partial charge in [-0.05, 0) is 24.3 Å². The van der Waals surface area contributed by atoms with E-state index in [1.165, 1.54) is 7.11 Å². The van der Waals surface area contributed by atoms with Gasteiger partial charge in [-0.25, -0.2) is 9.59 Å². The second kappa shape index (κ2) is 9.79. The van der Waals surface area contributed by atoms with Crippen LogP contribution in [0.1, 0.15) is 37.8 Å². The lowest BCUT2D eigenvalue weighted by Crippen LogP contribution is -2.49. The number of nitrogens with one attached hydrogen (secondary N) is 2. The van der Waals surface area contributed by atoms with E-state index in [1.807, 2.05) is 25.1 Å². The van der Waals surface area contributed by atoms with E-state index in [-0.39, 0.29) is 17.9 Å². The average Bonchev–Trinajstić information content (AvgIpc) is 2.70. The molecule has 2 atom stereocenters. The molecule has 0 spiro atoms. The van der Waals surface area contributed by atoms with Crippen molar-refractivity contribution in [1.82, 2.24) is 15.5 Å². The molecule has 1 aromatic rings. The summed E-state index contributed by atoms with van der Waals surface area (Å²) >= 11 is 0. The Balaban J connectivity index is 1.97. The Hall–Kier alpha value is -2.57. The number of hydrogen-bond donors (Lipinski definition) is 2. The number of amides is 3. The number of urea groups is 1. The summed E-state index contributed by atoms with van der Waals surface area (Å²) in [5.74, 6) is -0.270. The predicted molar refractivity (Wildman–Crippen MR) is 97.3 cm³/mol. The predicted octanol–water partition coefficient (Wildman–Crippen LogP) is 1.85. The minimum absolute atomic E-state index is 0.0152. The van der Waals surface area contributed by atoms with E-state index in [9.17, 15) is 14.4 Å². The van der Waals surface area contributed by atoms with Crippen molar-refractivity contribution in [2.45, 2.75) is 32.2 Å². The van der Waals surface area contributed by atoms with Crippen molar-refractivity contribution in [2.75, 3.05) is 26.7 Å². The number of hydrogen-bond acceptors (Lipinski definition) is 4. The van der Waals surface area contributed by atoms with Gasteiger partial charge in [0.2, 0.25) is 5.91 Å². The van der Waals surface area contributed by atoms with E-state index >= 15 is 0 Å². The Morgan fingerprint density at radius 3 is 2.65 bits per heavy atom. The van der Waals surface area contributed by atoms with Gasteiger partial charge in [-0.15, -0.1) is 0 Å². The Labute approximate surface area is 154 Å². The summed E-state index contributed by atoms with van der Waals surface area (Å²) in [5, 5.41) is 5.66. The quantitative estimate of drug-likeness (QED) is 0.757. The van der Waals surface area contributed by atoms with Gasteiger partial charge in [0.1, 0.15) is 0 Å². The van der Waals surface area contributed by atoms with Crippen LogP contribution in [0, 0.1) is 5.92 Å². The van der Waals surface area contributed by atoms with Gasteiger partial charge >= 0.3 is 12.0 Å². The van der Waals surface area contributed by atoms with Crippen LogP contribution in [0.3, 0.4) is 0 Å². The molecule has 0 aromatic heterocycles. The normalized spacial score (nSPS) is 17.9. The van der Waals surface area contributed by atoms with Crippen LogP contribution in [-0.4, -0.2) is 49.6 Å². The molecule has 7 nitrogen and oxygen atoms in total. The molecule has 0 saturated carbocycles. The van der Waals surface area contributed by atoms with E-state index in [0.717, 1.165) is 12.8 Å². The zero-order valence-corrected chi connectivity index (χ0v) is 15.4. The molecule has 26 heavy (non-hydrogen) atoms. The zero-order valence-electron chi connectivity index (χ0n) is 15.4. The highest BCUT2D eigenvalue weighted by Crippen LogP contribution is 2.18. The molecule has 1 heterocycles. The number of ether oxygens (including phenoxy) is 1. The fourth-order valence-corrected chi connectivity index (χ4v) is 3.06. The number of carbonyl (C=O) groups excluding carboxylic acids is 3. The number of nitrogens with zero attached hydrogens (tertiary/aromatic N) is 1. The topological polar surface area (TPSA) is 87.7 Å². The molecule has 0 bridgehead atoms. The minimum atomic E-state index is -0.839. The van der Waals surface area contributed by atoms with Gasteiger partial charge in [-0.2, -0.15) is 0 Å². The molecule has 0 radical (unpaired) electrons. The van der Waals surface area contributed by atoms with E-state index in [4.69, 9.17) is 4.74 Å². The summed E-state index contributed by atoms with van der Waals surface area (Å²) in [6.45, 7) is 3.56. The Morgan fingerprint density at radius 2 is 2.00 bits per heavy atom. The third kappa shape index (κ3) is 5.47. The number of rotatable bonds is 6. The molecule has 142 valence electrons. The summed E-state index contributed by atoms with van der Waals surface area (Å²) in [7, 11) is 1.30. The van der Waals surface area contributed by atoms with Gasteiger partial charge in [0, 0.05) is 26.1 Å². The smallest absolute Gasteiger partial charge is 0.333 e. The summed E-state index contributed by atoms with van der Waals surface area (Å²) in [4.78, 5) is 37.9. The van der Waals surface area contributed by atoms with Crippen molar-refractivity contribution in [1.29, 1.82) is 0 Å². The molecule has 1 aliphatic heterocycles. The van der Waals surface area contributed by atoms with Crippen molar-refractivity contribution in [3.63, 3.8) is 0 Å². The van der Waals surface area contributed by atoms with E-state index in [0.29, 0.717) is 31.6 Å². The number of methoxy groups -OCH3 is 1. The van der Waals surface area contributed by atoms with E-state index in [2.05, 4.69) is 10.6 Å². The monoisotopic (exact) mass is 361 g/mol. The molecular formula is C19H27N3O4. The Bertz CT molecular complexity index is 620. The third-order valence-electron chi connectivity index (χ3n) is 4.55. The van der Waals surface area contributed by atoms with Crippen LogP contribution in [0.25, 0.3) is 0 Å². The molecule has 2 N–H and O–H groups in total. The molecule has 7 heteroatoms. The Morgan fingerprint density at radius 1 is 1.27 bits per heavy atom. The summed E-state index contributed by atoms with van der Waals surface area (Å²) < 4.78 is 4.83. The van der Waals surface area contributed by atoms with Crippen LogP contribution in [0.4, 0.5) is 4.79 Å². The largest absolute Gasteiger partial charge is 0.467 e. The highest BCUT2D eigenvalue weighted by atomic mass is 16.5. The number of likely N-dealkylation sites (tertiary alicyclic amines) is 1. The second-order valence-electron chi connectivity index (χ2n) is 6.43. The van der Waals surface area contributed by atoms with Crippen LogP contribution in [0.15, 0.2) is 30.3 Å². The maximum Gasteiger partial charge on any atom is 0.333 e. The van der Waals surface area contributed by atoms with Gasteiger partial charge in [0.05, 0.1) is 7.11 Å². The molecule has 1 fully saturated rings. The van der Waals surface area contributed by atoms with Crippen LogP contribution in [0.2, 0.25) is 0 Å². The molecule has 1 aliphatic rings. The molecule has 0 aliphatic carbocycles. The van der Waals surface area contributed by atoms with Gasteiger partial charge in [-0.1, -0.05) is 37.3 Å². The lowest BCUT2D eigenvalue weighted by Gasteiger charge is -2.33. The lowest BCUT2D eigenvalue weighted by atomic mass is 9.98. The average molecular weight is 361 g/mol. The molecule has 1 saturated heterocycles. The van der Waals surface area contributed by atoms with Crippen molar-refractivity contribution >= 4 is 17.9 Å². The molecular weight excluding hydrogens is 334 g/mol. The third-order valence-corrected chi connectivity index (χ3v) is 4.55. The fourth-order valence-electron chi connectivity index (χ4n) is 3.06. The maximum atomic E-state index is 12.7. The second-order valence-corrected chi connectivity index (χ2v) is 6.43. The fraction of sp³-hybridized carbons (Fsp3) is 0.526. The number of benzene rings is 1. The first-order chi connectivity index (χ1) is 12.5. The first kappa shape index (κ1) is 19.8. The molecule has 1 aromatic carbocycles. The van der Waals surface area contributed by atoms with Crippen molar-refractivity contribution in [3.05, 3.63) is 35.9 Å². The summed E-state index contributed by atoms with van der Waals surface area (Å²) in [6.07, 6.45) is 2.29. The van der Waals surface area contributed by atoms with Gasteiger partial charge in [0.15, 0.2) is 6.04 Å². The van der Waals surface area contributed by atoms with Gasteiger partial charge < -0.3 is 20.3 Å². The molecule has 3 amide bonds. The summed E-state index contributed by atoms with van der Waals surface area (Å²) in [5.41, 5.74) is 0.677. The summed E-state index contributed by atoms with van der Waals surface area (Å²) in [6, 6.07) is 7.89. The first-order valence-corrected chi connectivity index (χ1v) is 9.00. The van der Waals surface area contributed by atoms with Crippen molar-refractivity contribution < 1.29 is 19.1 Å². The van der Waals surface area contributed by atoms with Crippen LogP contribution >= 0.6 is 0 Å². The van der Waals surface area contributed by atoms with E-state index < -0.39 is 12.0 Å². The lowest BCUT2D eigenvalue weighted by molar-refractivity contribution is -0.143. The highest BCUT2D eigenvalue weighted by Gasteiger charge is 2.29. The van der Waals surface area contributed by atoms with Gasteiger partial charge in [-0.3, -0.25) is 4.79 Å². The number of esters is 1. The SMILES string of the molecule is CCC(=O)NCC1CCCN(C(=O)NC(C(=O)OC)c2ccccc2)C1. The van der Waals surface area contributed by atoms with Gasteiger partial charge in [0.25, 0.3) is 0 Å². The van der Waals surface area contributed by atoms with E-state index in [1.54, 1.807) is 17.0 Å². The van der Waals surface area contributed by atoms with Crippen molar-refractivity contribution in [2.24, 2.45) is 5.92 Å². The maximum absolute atomic E-state index is 12.7. The van der Waals surface area contributed by atoms with Crippen molar-refractivity contribution in [3.8, 4) is 0 Å². The van der Waals surface area contributed by atoms with Crippen LogP contribution < -0.4 is 10.6 Å². The number of carbonyl (C=O) groups is 3. The molecule has 2 rings (SSSR count). The molecule has 2 unspecified atom stereocenters. The zero-order chi connectivity index (χ0) is 18.9. The van der Waals surface area contributed by atoms with Crippen LogP contribution in [0.5, 0.6) is 0 Å². The standard InChI is InChI=1S/C19H27N3O4/c1-3-16(23)20-12-14-8-7-11-22(13-14)19(25)21-17(18(24)26-2)15-9-5-4-6-10-15/h4-6,9-10,14,17H,3,7-8,11-13H2,1-2H3,(H,20,23)(H,21,25). The minimum Gasteiger partial charge on any atom is -0.467 e. The highest BCUT2D eigenvalue weighted by molar-refractivity contribution is 5.84. The Kier molecular flexibility index (Phi) is 7.44.